The number of ether oxygens (including phenoxy) is 4. The van der Waals surface area contributed by atoms with Crippen LogP contribution >= 0.6 is 11.3 Å². The van der Waals surface area contributed by atoms with Crippen molar-refractivity contribution >= 4 is 83.0 Å². The summed E-state index contributed by atoms with van der Waals surface area (Å²) in [6.45, 7) is 5.91. The smallest absolute Gasteiger partial charge is 0.255 e. The third-order valence-corrected chi connectivity index (χ3v) is 13.2. The lowest BCUT2D eigenvalue weighted by Gasteiger charge is -2.29. The molecule has 0 radical (unpaired) electrons. The predicted molar refractivity (Wildman–Crippen MR) is 221 cm³/mol. The number of nitrogens with one attached hydrogen (secondary N) is 3. The summed E-state index contributed by atoms with van der Waals surface area (Å²) in [5.41, 5.74) is 6.14. The molecule has 1 atom stereocenters. The number of thiazole rings is 1. The van der Waals surface area contributed by atoms with Crippen molar-refractivity contribution in [2.45, 2.75) is 55.8 Å². The van der Waals surface area contributed by atoms with Gasteiger partial charge in [-0.2, -0.15) is 0 Å². The maximum Gasteiger partial charge on any atom is 0.255 e. The third kappa shape index (κ3) is 9.36. The van der Waals surface area contributed by atoms with Crippen LogP contribution < -0.4 is 20.7 Å². The molecule has 2 aromatic heterocycles. The second kappa shape index (κ2) is 17.8. The van der Waals surface area contributed by atoms with E-state index in [1.165, 1.54) is 4.90 Å². The van der Waals surface area contributed by atoms with Crippen LogP contribution in [0.3, 0.4) is 0 Å². The lowest BCUT2D eigenvalue weighted by molar-refractivity contribution is -0.137. The summed E-state index contributed by atoms with van der Waals surface area (Å²) in [5, 5.41) is 9.07. The Bertz CT molecular complexity index is 2520. The van der Waals surface area contributed by atoms with E-state index in [0.29, 0.717) is 33.4 Å². The molecule has 310 valence electrons. The maximum absolute atomic E-state index is 13.8. The van der Waals surface area contributed by atoms with Crippen molar-refractivity contribution in [1.82, 2.24) is 20.2 Å². The van der Waals surface area contributed by atoms with Crippen LogP contribution in [-0.2, 0) is 45.0 Å². The van der Waals surface area contributed by atoms with Gasteiger partial charge < -0.3 is 34.5 Å². The molecule has 1 fully saturated rings. The number of nitrogens with zero attached hydrogens (tertiary/aromatic N) is 3. The molecule has 2 aliphatic rings. The minimum atomic E-state index is -3.83. The molecule has 0 spiro atoms. The zero-order valence-corrected chi connectivity index (χ0v) is 34.4. The van der Waals surface area contributed by atoms with Gasteiger partial charge >= 0.3 is 0 Å². The first-order chi connectivity index (χ1) is 28.3. The van der Waals surface area contributed by atoms with Crippen molar-refractivity contribution in [3.8, 4) is 5.75 Å². The Morgan fingerprint density at radius 2 is 1.68 bits per heavy atom. The monoisotopic (exact) mass is 844 g/mol. The first kappa shape index (κ1) is 41.6. The molecule has 3 aromatic carbocycles. The molecule has 1 unspecified atom stereocenters. The number of aromatic nitrogens is 2. The zero-order chi connectivity index (χ0) is 41.7. The van der Waals surface area contributed by atoms with Gasteiger partial charge in [0.2, 0.25) is 17.7 Å². The number of sulfone groups is 1. The molecular formula is C41H44N6O10S2. The summed E-state index contributed by atoms with van der Waals surface area (Å²) in [6.07, 6.45) is 2.04. The van der Waals surface area contributed by atoms with E-state index in [1.807, 2.05) is 18.2 Å². The normalized spacial score (nSPS) is 15.7. The predicted octanol–water partition coefficient (Wildman–Crippen LogP) is 4.99. The van der Waals surface area contributed by atoms with Gasteiger partial charge in [0.25, 0.3) is 5.91 Å². The minimum Gasteiger partial charge on any atom is -0.490 e. The second-order valence-corrected chi connectivity index (χ2v) is 18.4. The van der Waals surface area contributed by atoms with E-state index in [9.17, 15) is 27.6 Å². The quantitative estimate of drug-likeness (QED) is 0.0835. The Morgan fingerprint density at radius 1 is 0.915 bits per heavy atom. The summed E-state index contributed by atoms with van der Waals surface area (Å²) in [5.74, 6) is -1.44. The van der Waals surface area contributed by atoms with Gasteiger partial charge in [-0.3, -0.25) is 29.5 Å². The molecule has 5 aromatic rings. The number of pyridine rings is 1. The average Bonchev–Trinajstić information content (AvgIpc) is 3.80. The van der Waals surface area contributed by atoms with Crippen LogP contribution in [0.4, 0.5) is 17.1 Å². The van der Waals surface area contributed by atoms with Crippen LogP contribution in [0.1, 0.15) is 49.5 Å². The fourth-order valence-corrected chi connectivity index (χ4v) is 8.68. The van der Waals surface area contributed by atoms with Crippen molar-refractivity contribution in [2.75, 3.05) is 56.9 Å². The van der Waals surface area contributed by atoms with E-state index < -0.39 is 32.4 Å². The highest BCUT2D eigenvalue weighted by Crippen LogP contribution is 2.38. The highest BCUT2D eigenvalue weighted by Gasteiger charge is 2.40. The molecule has 4 amide bonds. The summed E-state index contributed by atoms with van der Waals surface area (Å²) >= 11 is 1.56. The molecule has 4 heterocycles. The first-order valence-corrected chi connectivity index (χ1v) is 21.4. The first-order valence-electron chi connectivity index (χ1n) is 19.0. The van der Waals surface area contributed by atoms with Crippen LogP contribution in [0.2, 0.25) is 0 Å². The van der Waals surface area contributed by atoms with E-state index in [-0.39, 0.29) is 88.1 Å². The molecule has 0 saturated carbocycles. The Labute approximate surface area is 344 Å². The van der Waals surface area contributed by atoms with E-state index >= 15 is 0 Å². The lowest BCUT2D eigenvalue weighted by atomic mass is 10.0. The number of amides is 4. The van der Waals surface area contributed by atoms with Gasteiger partial charge in [-0.1, -0.05) is 6.07 Å². The van der Waals surface area contributed by atoms with E-state index in [4.69, 9.17) is 18.9 Å². The Balaban J connectivity index is 0.842. The highest BCUT2D eigenvalue weighted by molar-refractivity contribution is 7.92. The fraction of sp³-hybridized carbons (Fsp3) is 0.366. The Hall–Kier alpha value is -5.53. The number of hydrogen-bond donors (Lipinski definition) is 3. The van der Waals surface area contributed by atoms with Crippen molar-refractivity contribution < 1.29 is 46.5 Å². The third-order valence-electron chi connectivity index (χ3n) is 9.83. The van der Waals surface area contributed by atoms with Crippen LogP contribution in [0.5, 0.6) is 5.75 Å². The number of piperidine rings is 1. The van der Waals surface area contributed by atoms with Gasteiger partial charge in [0.05, 0.1) is 59.0 Å². The number of anilines is 3. The molecule has 16 nitrogen and oxygen atoms in total. The van der Waals surface area contributed by atoms with Crippen molar-refractivity contribution in [2.24, 2.45) is 0 Å². The number of carbonyl (C=O) groups excluding carboxylic acids is 4. The number of imide groups is 1. The highest BCUT2D eigenvalue weighted by atomic mass is 32.2. The maximum atomic E-state index is 13.8. The number of rotatable bonds is 17. The zero-order valence-electron chi connectivity index (χ0n) is 32.7. The summed E-state index contributed by atoms with van der Waals surface area (Å²) in [7, 11) is -3.83. The number of fused-ring (bicyclic) bond motifs is 3. The number of benzene rings is 3. The number of hydrogen-bond acceptors (Lipinski definition) is 14. The van der Waals surface area contributed by atoms with E-state index in [0.717, 1.165) is 15.9 Å². The van der Waals surface area contributed by atoms with Gasteiger partial charge in [-0.15, -0.1) is 11.3 Å². The minimum absolute atomic E-state index is 0.0553. The molecule has 18 heteroatoms. The van der Waals surface area contributed by atoms with Crippen molar-refractivity contribution in [1.29, 1.82) is 0 Å². The molecule has 59 heavy (non-hydrogen) atoms. The second-order valence-electron chi connectivity index (χ2n) is 14.9. The average molecular weight is 845 g/mol. The molecule has 0 aliphatic carbocycles. The van der Waals surface area contributed by atoms with Crippen LogP contribution in [-0.4, -0.2) is 104 Å². The van der Waals surface area contributed by atoms with Crippen LogP contribution in [0.15, 0.2) is 71.2 Å². The molecule has 7 rings (SSSR count). The van der Waals surface area contributed by atoms with Crippen molar-refractivity contribution in [3.63, 3.8) is 0 Å². The molecule has 0 bridgehead atoms. The van der Waals surface area contributed by atoms with Gasteiger partial charge in [-0.25, -0.2) is 13.4 Å². The van der Waals surface area contributed by atoms with Gasteiger partial charge in [0.1, 0.15) is 29.9 Å². The molecule has 2 aliphatic heterocycles. The standard InChI is InChI=1S/C41H44N6O10S2/c1-41(2,3)59(52,53)36-20-27-30(44-25-7-9-35-32(19-25)43-24-58-35)11-12-42-31(27)21-34(36)57-18-17-55-14-13-54-15-16-56-23-38(49)45-29-6-4-5-26-28(29)22-47(40(26)51)33-8-10-37(48)46-39(33)50/h4-7,9,11-12,19-21,24,33H,8,10,13-18,22-23H2,1-3H3,(H,42,44)(H,45,49)(H,46,48,50). The van der Waals surface area contributed by atoms with Crippen molar-refractivity contribution in [3.05, 3.63) is 77.4 Å². The molecule has 3 N–H and O–H groups in total. The van der Waals surface area contributed by atoms with Gasteiger partial charge in [0, 0.05) is 58.8 Å². The van der Waals surface area contributed by atoms with Crippen LogP contribution in [0.25, 0.3) is 21.1 Å². The Kier molecular flexibility index (Phi) is 12.5. The SMILES string of the molecule is CC(C)(C)S(=O)(=O)c1cc2c(Nc3ccc4scnc4c3)ccnc2cc1OCCOCCOCCOCC(=O)Nc1cccc2c1CN(C1CCC(=O)NC1=O)C2=O. The summed E-state index contributed by atoms with van der Waals surface area (Å²) < 4.78 is 50.2. The molecular weight excluding hydrogens is 801 g/mol. The topological polar surface area (TPSA) is 204 Å². The lowest BCUT2D eigenvalue weighted by Crippen LogP contribution is -2.52. The number of carbonyl (C=O) groups is 4. The molecule has 1 saturated heterocycles. The largest absolute Gasteiger partial charge is 0.490 e. The van der Waals surface area contributed by atoms with Gasteiger partial charge in [-0.05, 0) is 69.7 Å². The van der Waals surface area contributed by atoms with Crippen LogP contribution in [0, 0.1) is 0 Å². The summed E-state index contributed by atoms with van der Waals surface area (Å²) in [4.78, 5) is 60.0. The fourth-order valence-electron chi connectivity index (χ4n) is 6.71. The Morgan fingerprint density at radius 3 is 2.44 bits per heavy atom. The van der Waals surface area contributed by atoms with E-state index in [2.05, 4.69) is 25.9 Å². The van der Waals surface area contributed by atoms with Gasteiger partial charge in [0.15, 0.2) is 9.84 Å². The summed E-state index contributed by atoms with van der Waals surface area (Å²) in [6, 6.07) is 15.1. The van der Waals surface area contributed by atoms with E-state index in [1.54, 1.807) is 80.2 Å².